The zero-order valence-electron chi connectivity index (χ0n) is 10.1. The molecule has 0 saturated heterocycles. The molecule has 0 amide bonds. The third kappa shape index (κ3) is 4.28. The van der Waals surface area contributed by atoms with Crippen LogP contribution in [0.4, 0.5) is 0 Å². The Morgan fingerprint density at radius 3 is 2.72 bits per heavy atom. The predicted molar refractivity (Wildman–Crippen MR) is 74.8 cm³/mol. The van der Waals surface area contributed by atoms with Crippen LogP contribution < -0.4 is 4.74 Å². The first-order chi connectivity index (χ1) is 8.45. The minimum Gasteiger partial charge on any atom is -0.496 e. The van der Waals surface area contributed by atoms with Crippen molar-refractivity contribution in [3.05, 3.63) is 28.2 Å². The summed E-state index contributed by atoms with van der Waals surface area (Å²) in [7, 11) is 1.50. The number of carbonyl (C=O) groups is 1. The first-order valence-corrected chi connectivity index (χ1v) is 7.06. The van der Waals surface area contributed by atoms with Crippen molar-refractivity contribution < 1.29 is 19.7 Å². The summed E-state index contributed by atoms with van der Waals surface area (Å²) in [4.78, 5) is 10.8. The van der Waals surface area contributed by atoms with Crippen molar-refractivity contribution in [1.82, 2.24) is 0 Å². The lowest BCUT2D eigenvalue weighted by atomic mass is 10.0. The van der Waals surface area contributed by atoms with E-state index in [1.165, 1.54) is 14.0 Å². The number of halogens is 1. The van der Waals surface area contributed by atoms with Gasteiger partial charge in [0.2, 0.25) is 0 Å². The topological polar surface area (TPSA) is 66.8 Å². The molecule has 0 aliphatic carbocycles. The largest absolute Gasteiger partial charge is 0.496 e. The van der Waals surface area contributed by atoms with Crippen LogP contribution in [0.2, 0.25) is 0 Å². The number of carbonyl (C=O) groups excluding carboxylic acids is 1. The lowest BCUT2D eigenvalue weighted by Crippen LogP contribution is -2.22. The van der Waals surface area contributed by atoms with Gasteiger partial charge in [-0.2, -0.15) is 0 Å². The maximum Gasteiger partial charge on any atom is 0.185 e. The van der Waals surface area contributed by atoms with Gasteiger partial charge in [0.15, 0.2) is 5.12 Å². The van der Waals surface area contributed by atoms with Crippen LogP contribution >= 0.6 is 27.7 Å². The summed E-state index contributed by atoms with van der Waals surface area (Å²) >= 11 is 4.28. The van der Waals surface area contributed by atoms with E-state index in [0.29, 0.717) is 11.3 Å². The SMILES string of the molecule is COc1ccc(Br)cc1C(O)C(O)CSC(C)=O. The van der Waals surface area contributed by atoms with Gasteiger partial charge in [-0.3, -0.25) is 4.79 Å². The molecule has 0 aliphatic heterocycles. The fraction of sp³-hybridized carbons (Fsp3) is 0.417. The second-order valence-electron chi connectivity index (χ2n) is 3.70. The van der Waals surface area contributed by atoms with Gasteiger partial charge in [0, 0.05) is 22.7 Å². The second kappa shape index (κ2) is 7.13. The van der Waals surface area contributed by atoms with E-state index in [-0.39, 0.29) is 10.9 Å². The number of thioether (sulfide) groups is 1. The van der Waals surface area contributed by atoms with E-state index in [0.717, 1.165) is 16.2 Å². The third-order valence-corrected chi connectivity index (χ3v) is 3.74. The number of benzene rings is 1. The Bertz CT molecular complexity index is 425. The second-order valence-corrected chi connectivity index (χ2v) is 5.81. The summed E-state index contributed by atoms with van der Waals surface area (Å²) in [5, 5.41) is 19.8. The van der Waals surface area contributed by atoms with Crippen molar-refractivity contribution in [2.24, 2.45) is 0 Å². The molecule has 4 nitrogen and oxygen atoms in total. The summed E-state index contributed by atoms with van der Waals surface area (Å²) in [6.45, 7) is 1.42. The van der Waals surface area contributed by atoms with E-state index in [4.69, 9.17) is 4.74 Å². The van der Waals surface area contributed by atoms with E-state index in [9.17, 15) is 15.0 Å². The van der Waals surface area contributed by atoms with Gasteiger partial charge in [0.25, 0.3) is 0 Å². The molecule has 6 heteroatoms. The zero-order chi connectivity index (χ0) is 13.7. The van der Waals surface area contributed by atoms with Gasteiger partial charge in [0.05, 0.1) is 13.2 Å². The predicted octanol–water partition coefficient (Wildman–Crippen LogP) is 2.13. The molecule has 1 aromatic rings. The third-order valence-electron chi connectivity index (χ3n) is 2.33. The average Bonchev–Trinajstić information content (AvgIpc) is 2.34. The molecule has 0 radical (unpaired) electrons. The lowest BCUT2D eigenvalue weighted by Gasteiger charge is -2.19. The van der Waals surface area contributed by atoms with Crippen molar-refractivity contribution in [3.63, 3.8) is 0 Å². The number of hydrogen-bond acceptors (Lipinski definition) is 5. The molecule has 0 spiro atoms. The Morgan fingerprint density at radius 2 is 2.17 bits per heavy atom. The molecule has 0 saturated carbocycles. The minimum atomic E-state index is -1.09. The Morgan fingerprint density at radius 1 is 1.50 bits per heavy atom. The van der Waals surface area contributed by atoms with Gasteiger partial charge in [-0.05, 0) is 18.2 Å². The Balaban J connectivity index is 2.84. The monoisotopic (exact) mass is 334 g/mol. The van der Waals surface area contributed by atoms with E-state index < -0.39 is 12.2 Å². The molecule has 0 aromatic heterocycles. The van der Waals surface area contributed by atoms with Crippen LogP contribution in [-0.2, 0) is 4.79 Å². The molecular formula is C12H15BrO4S. The molecule has 1 rings (SSSR count). The molecule has 18 heavy (non-hydrogen) atoms. The number of aliphatic hydroxyl groups is 2. The highest BCUT2D eigenvalue weighted by molar-refractivity contribution is 9.10. The Hall–Kier alpha value is -0.560. The quantitative estimate of drug-likeness (QED) is 0.863. The summed E-state index contributed by atoms with van der Waals surface area (Å²) in [5.41, 5.74) is 0.489. The van der Waals surface area contributed by atoms with Gasteiger partial charge >= 0.3 is 0 Å². The van der Waals surface area contributed by atoms with Gasteiger partial charge in [-0.1, -0.05) is 27.7 Å². The molecule has 0 aliphatic rings. The van der Waals surface area contributed by atoms with E-state index in [1.807, 2.05) is 0 Å². The molecule has 100 valence electrons. The number of rotatable bonds is 5. The van der Waals surface area contributed by atoms with Crippen LogP contribution in [0.3, 0.4) is 0 Å². The summed E-state index contributed by atoms with van der Waals surface area (Å²) in [5.74, 6) is 0.643. The lowest BCUT2D eigenvalue weighted by molar-refractivity contribution is -0.109. The molecule has 1 aromatic carbocycles. The summed E-state index contributed by atoms with van der Waals surface area (Å²) in [6, 6.07) is 5.17. The van der Waals surface area contributed by atoms with Crippen LogP contribution in [0, 0.1) is 0 Å². The molecule has 2 unspecified atom stereocenters. The molecule has 0 bridgehead atoms. The van der Waals surface area contributed by atoms with Crippen molar-refractivity contribution in [2.45, 2.75) is 19.1 Å². The van der Waals surface area contributed by atoms with E-state index >= 15 is 0 Å². The highest BCUT2D eigenvalue weighted by Crippen LogP contribution is 2.31. The molecule has 0 heterocycles. The smallest absolute Gasteiger partial charge is 0.185 e. The minimum absolute atomic E-state index is 0.0949. The fourth-order valence-electron chi connectivity index (χ4n) is 1.44. The van der Waals surface area contributed by atoms with Crippen molar-refractivity contribution in [2.75, 3.05) is 12.9 Å². The highest BCUT2D eigenvalue weighted by atomic mass is 79.9. The van der Waals surface area contributed by atoms with Crippen LogP contribution in [-0.4, -0.2) is 34.3 Å². The van der Waals surface area contributed by atoms with Gasteiger partial charge in [-0.25, -0.2) is 0 Å². The van der Waals surface area contributed by atoms with Crippen molar-refractivity contribution >= 4 is 32.8 Å². The summed E-state index contributed by atoms with van der Waals surface area (Å²) < 4.78 is 5.91. The van der Waals surface area contributed by atoms with Crippen LogP contribution in [0.5, 0.6) is 5.75 Å². The standard InChI is InChI=1S/C12H15BrO4S/c1-7(14)18-6-10(15)12(16)9-5-8(13)3-4-11(9)17-2/h3-5,10,12,15-16H,6H2,1-2H3. The number of aliphatic hydroxyl groups excluding tert-OH is 2. The summed E-state index contributed by atoms with van der Waals surface area (Å²) in [6.07, 6.45) is -2.12. The fourth-order valence-corrected chi connectivity index (χ4v) is 2.40. The maximum absolute atomic E-state index is 10.8. The molecule has 2 N–H and O–H groups in total. The molecule has 2 atom stereocenters. The Labute approximate surface area is 118 Å². The first-order valence-electron chi connectivity index (χ1n) is 5.28. The zero-order valence-corrected chi connectivity index (χ0v) is 12.5. The molecular weight excluding hydrogens is 320 g/mol. The first kappa shape index (κ1) is 15.5. The van der Waals surface area contributed by atoms with Crippen molar-refractivity contribution in [1.29, 1.82) is 0 Å². The number of ether oxygens (including phenoxy) is 1. The van der Waals surface area contributed by atoms with Crippen LogP contribution in [0.1, 0.15) is 18.6 Å². The molecule has 0 fully saturated rings. The number of hydrogen-bond donors (Lipinski definition) is 2. The van der Waals surface area contributed by atoms with E-state index in [2.05, 4.69) is 15.9 Å². The normalized spacial score (nSPS) is 14.1. The van der Waals surface area contributed by atoms with Gasteiger partial charge in [0.1, 0.15) is 11.9 Å². The van der Waals surface area contributed by atoms with Gasteiger partial charge < -0.3 is 14.9 Å². The highest BCUT2D eigenvalue weighted by Gasteiger charge is 2.22. The van der Waals surface area contributed by atoms with E-state index in [1.54, 1.807) is 18.2 Å². The van der Waals surface area contributed by atoms with Crippen LogP contribution in [0.25, 0.3) is 0 Å². The maximum atomic E-state index is 10.8. The van der Waals surface area contributed by atoms with Crippen LogP contribution in [0.15, 0.2) is 22.7 Å². The average molecular weight is 335 g/mol. The number of methoxy groups -OCH3 is 1. The van der Waals surface area contributed by atoms with Gasteiger partial charge in [-0.15, -0.1) is 0 Å². The Kier molecular flexibility index (Phi) is 6.14. The van der Waals surface area contributed by atoms with Crippen molar-refractivity contribution in [3.8, 4) is 5.75 Å².